The molecule has 0 aliphatic carbocycles. The first-order valence-electron chi connectivity index (χ1n) is 5.19. The van der Waals surface area contributed by atoms with Crippen molar-refractivity contribution in [1.29, 1.82) is 0 Å². The molecule has 0 spiro atoms. The van der Waals surface area contributed by atoms with Crippen LogP contribution in [0.25, 0.3) is 0 Å². The van der Waals surface area contributed by atoms with E-state index in [2.05, 4.69) is 0 Å². The average Bonchev–Trinajstić information content (AvgIpc) is 2.24. The van der Waals surface area contributed by atoms with Crippen LogP contribution in [0.1, 0.15) is 10.4 Å². The standard InChI is InChI=1S/C11H15ClN2O3S.ClH/c1-14(5-6-18(2,16)17)11(15)9-4-3-8(13)7-10(9)12;/h3-4,7H,5-6,13H2,1-2H3;1H. The Morgan fingerprint density at radius 3 is 2.47 bits per heavy atom. The molecule has 0 aliphatic rings. The van der Waals surface area contributed by atoms with E-state index in [1.54, 1.807) is 6.07 Å². The van der Waals surface area contributed by atoms with Gasteiger partial charge < -0.3 is 10.6 Å². The van der Waals surface area contributed by atoms with Crippen LogP contribution in [-0.2, 0) is 9.84 Å². The Bertz CT molecular complexity index is 561. The highest BCUT2D eigenvalue weighted by molar-refractivity contribution is 7.90. The Balaban J connectivity index is 0.00000324. The largest absolute Gasteiger partial charge is 0.399 e. The first-order chi connectivity index (χ1) is 8.20. The van der Waals surface area contributed by atoms with Gasteiger partial charge in [0.2, 0.25) is 0 Å². The van der Waals surface area contributed by atoms with Gasteiger partial charge in [0.05, 0.1) is 16.3 Å². The van der Waals surface area contributed by atoms with E-state index in [-0.39, 0.29) is 35.6 Å². The number of carbonyl (C=O) groups excluding carboxylic acids is 1. The summed E-state index contributed by atoms with van der Waals surface area (Å²) in [6, 6.07) is 4.58. The van der Waals surface area contributed by atoms with Gasteiger partial charge in [-0.05, 0) is 18.2 Å². The third kappa shape index (κ3) is 5.67. The van der Waals surface area contributed by atoms with Crippen molar-refractivity contribution in [3.8, 4) is 0 Å². The molecule has 19 heavy (non-hydrogen) atoms. The second-order valence-electron chi connectivity index (χ2n) is 4.10. The van der Waals surface area contributed by atoms with Gasteiger partial charge in [-0.3, -0.25) is 4.79 Å². The molecule has 5 nitrogen and oxygen atoms in total. The Kier molecular flexibility index (Phi) is 6.62. The van der Waals surface area contributed by atoms with Gasteiger partial charge in [-0.2, -0.15) is 0 Å². The molecule has 0 saturated carbocycles. The van der Waals surface area contributed by atoms with Gasteiger partial charge in [0, 0.05) is 25.5 Å². The number of nitrogens with two attached hydrogens (primary N) is 1. The van der Waals surface area contributed by atoms with Gasteiger partial charge in [-0.25, -0.2) is 8.42 Å². The summed E-state index contributed by atoms with van der Waals surface area (Å²) >= 11 is 5.91. The number of sulfone groups is 1. The van der Waals surface area contributed by atoms with Crippen LogP contribution in [0.2, 0.25) is 5.02 Å². The Morgan fingerprint density at radius 1 is 1.42 bits per heavy atom. The number of carbonyl (C=O) groups is 1. The summed E-state index contributed by atoms with van der Waals surface area (Å²) in [6.45, 7) is 0.123. The maximum Gasteiger partial charge on any atom is 0.255 e. The lowest BCUT2D eigenvalue weighted by Gasteiger charge is -2.17. The van der Waals surface area contributed by atoms with Gasteiger partial charge in [-0.15, -0.1) is 12.4 Å². The van der Waals surface area contributed by atoms with E-state index < -0.39 is 9.84 Å². The molecule has 0 saturated heterocycles. The fourth-order valence-corrected chi connectivity index (χ4v) is 2.19. The number of anilines is 1. The number of benzene rings is 1. The quantitative estimate of drug-likeness (QED) is 0.849. The normalized spacial score (nSPS) is 10.7. The van der Waals surface area contributed by atoms with Crippen LogP contribution in [0.3, 0.4) is 0 Å². The molecule has 0 fully saturated rings. The molecule has 0 unspecified atom stereocenters. The minimum absolute atomic E-state index is 0. The SMILES string of the molecule is CN(CCS(C)(=O)=O)C(=O)c1ccc(N)cc1Cl.Cl. The lowest BCUT2D eigenvalue weighted by molar-refractivity contribution is 0.0803. The topological polar surface area (TPSA) is 80.5 Å². The molecule has 0 aromatic heterocycles. The molecule has 1 rings (SSSR count). The van der Waals surface area contributed by atoms with Crippen LogP contribution in [0.4, 0.5) is 5.69 Å². The Hall–Kier alpha value is -0.980. The van der Waals surface area contributed by atoms with Crippen molar-refractivity contribution in [1.82, 2.24) is 4.90 Å². The highest BCUT2D eigenvalue weighted by Crippen LogP contribution is 2.20. The van der Waals surface area contributed by atoms with E-state index in [9.17, 15) is 13.2 Å². The number of hydrogen-bond donors (Lipinski definition) is 1. The van der Waals surface area contributed by atoms with Crippen LogP contribution >= 0.6 is 24.0 Å². The smallest absolute Gasteiger partial charge is 0.255 e. The molecular formula is C11H16Cl2N2O3S. The average molecular weight is 327 g/mol. The maximum atomic E-state index is 12.0. The third-order valence-corrected chi connectivity index (χ3v) is 3.60. The highest BCUT2D eigenvalue weighted by Gasteiger charge is 2.16. The molecule has 108 valence electrons. The predicted molar refractivity (Wildman–Crippen MR) is 79.8 cm³/mol. The van der Waals surface area contributed by atoms with E-state index in [0.717, 1.165) is 6.26 Å². The zero-order valence-corrected chi connectivity index (χ0v) is 13.0. The Morgan fingerprint density at radius 2 is 2.00 bits per heavy atom. The van der Waals surface area contributed by atoms with Crippen LogP contribution in [0.15, 0.2) is 18.2 Å². The van der Waals surface area contributed by atoms with Crippen molar-refractivity contribution in [3.05, 3.63) is 28.8 Å². The molecule has 2 N–H and O–H groups in total. The summed E-state index contributed by atoms with van der Waals surface area (Å²) in [6.07, 6.45) is 1.13. The van der Waals surface area contributed by atoms with E-state index in [4.69, 9.17) is 17.3 Å². The first-order valence-corrected chi connectivity index (χ1v) is 7.63. The first kappa shape index (κ1) is 18.0. The minimum Gasteiger partial charge on any atom is -0.399 e. The van der Waals surface area contributed by atoms with Gasteiger partial charge in [0.15, 0.2) is 0 Å². The zero-order valence-electron chi connectivity index (χ0n) is 10.6. The lowest BCUT2D eigenvalue weighted by Crippen LogP contribution is -2.31. The summed E-state index contributed by atoms with van der Waals surface area (Å²) in [5, 5.41) is 0.256. The van der Waals surface area contributed by atoms with Crippen LogP contribution < -0.4 is 5.73 Å². The highest BCUT2D eigenvalue weighted by atomic mass is 35.5. The second-order valence-corrected chi connectivity index (χ2v) is 6.76. The summed E-state index contributed by atoms with van der Waals surface area (Å²) < 4.78 is 22.1. The van der Waals surface area contributed by atoms with Crippen molar-refractivity contribution in [3.63, 3.8) is 0 Å². The molecular weight excluding hydrogens is 311 g/mol. The van der Waals surface area contributed by atoms with Crippen molar-refractivity contribution in [2.75, 3.05) is 31.3 Å². The monoisotopic (exact) mass is 326 g/mol. The zero-order chi connectivity index (χ0) is 13.9. The van der Waals surface area contributed by atoms with Gasteiger partial charge in [0.25, 0.3) is 5.91 Å². The van der Waals surface area contributed by atoms with E-state index >= 15 is 0 Å². The Labute approximate surface area is 124 Å². The van der Waals surface area contributed by atoms with Gasteiger partial charge in [0.1, 0.15) is 9.84 Å². The van der Waals surface area contributed by atoms with Crippen LogP contribution in [0, 0.1) is 0 Å². The third-order valence-electron chi connectivity index (χ3n) is 2.37. The number of nitrogen functional groups attached to an aromatic ring is 1. The van der Waals surface area contributed by atoms with Crippen molar-refractivity contribution < 1.29 is 13.2 Å². The van der Waals surface area contributed by atoms with E-state index in [1.165, 1.54) is 24.1 Å². The summed E-state index contributed by atoms with van der Waals surface area (Å²) in [5.74, 6) is -0.411. The second kappa shape index (κ2) is 6.98. The van der Waals surface area contributed by atoms with Gasteiger partial charge >= 0.3 is 0 Å². The number of hydrogen-bond acceptors (Lipinski definition) is 4. The molecule has 1 aromatic carbocycles. The minimum atomic E-state index is -3.10. The molecule has 8 heteroatoms. The summed E-state index contributed by atoms with van der Waals surface area (Å²) in [5.41, 5.74) is 6.31. The summed E-state index contributed by atoms with van der Waals surface area (Å²) in [7, 11) is -1.57. The van der Waals surface area contributed by atoms with Crippen molar-refractivity contribution >= 4 is 45.4 Å². The van der Waals surface area contributed by atoms with E-state index in [0.29, 0.717) is 11.3 Å². The van der Waals surface area contributed by atoms with Crippen molar-refractivity contribution in [2.45, 2.75) is 0 Å². The lowest BCUT2D eigenvalue weighted by atomic mass is 10.2. The number of amides is 1. The fourth-order valence-electron chi connectivity index (χ4n) is 1.31. The molecule has 0 heterocycles. The van der Waals surface area contributed by atoms with Gasteiger partial charge in [-0.1, -0.05) is 11.6 Å². The summed E-state index contributed by atoms with van der Waals surface area (Å²) in [4.78, 5) is 13.3. The maximum absolute atomic E-state index is 12.0. The molecule has 0 aliphatic heterocycles. The molecule has 0 radical (unpaired) electrons. The molecule has 0 bridgehead atoms. The molecule has 0 atom stereocenters. The number of rotatable bonds is 4. The predicted octanol–water partition coefficient (Wildman–Crippen LogP) is 1.46. The molecule has 1 aromatic rings. The van der Waals surface area contributed by atoms with Crippen molar-refractivity contribution in [2.24, 2.45) is 0 Å². The molecule has 1 amide bonds. The number of halogens is 2. The van der Waals surface area contributed by atoms with E-state index in [1.807, 2.05) is 0 Å². The fraction of sp³-hybridized carbons (Fsp3) is 0.364. The van der Waals surface area contributed by atoms with Crippen LogP contribution in [0.5, 0.6) is 0 Å². The number of nitrogens with zero attached hydrogens (tertiary/aromatic N) is 1. The van der Waals surface area contributed by atoms with Crippen LogP contribution in [-0.4, -0.2) is 44.8 Å².